The first-order valence-electron chi connectivity index (χ1n) is 8.36. The molecule has 2 aromatic heterocycles. The maximum atomic E-state index is 12.7. The fourth-order valence-electron chi connectivity index (χ4n) is 3.70. The second kappa shape index (κ2) is 5.90. The van der Waals surface area contributed by atoms with Crippen LogP contribution in [0.25, 0.3) is 32.1 Å². The van der Waals surface area contributed by atoms with E-state index in [0.717, 1.165) is 36.6 Å². The molecule has 0 radical (unpaired) electrons. The molecule has 4 nitrogen and oxygen atoms in total. The molecule has 1 N–H and O–H groups in total. The normalized spacial score (nSPS) is 14.6. The predicted molar refractivity (Wildman–Crippen MR) is 112 cm³/mol. The fourth-order valence-corrected chi connectivity index (χ4v) is 5.00. The molecule has 1 aliphatic heterocycles. The van der Waals surface area contributed by atoms with Crippen molar-refractivity contribution in [3.63, 3.8) is 0 Å². The molecule has 0 saturated heterocycles. The lowest BCUT2D eigenvalue weighted by molar-refractivity contribution is -0.122. The van der Waals surface area contributed by atoms with Crippen LogP contribution in [0, 0.1) is 0 Å². The number of para-hydroxylation sites is 1. The van der Waals surface area contributed by atoms with Gasteiger partial charge in [0.2, 0.25) is 0 Å². The van der Waals surface area contributed by atoms with E-state index in [1.54, 1.807) is 11.3 Å². The van der Waals surface area contributed by atoms with Gasteiger partial charge in [-0.25, -0.2) is 0 Å². The van der Waals surface area contributed by atoms with E-state index in [1.807, 2.05) is 65.7 Å². The van der Waals surface area contributed by atoms with Crippen molar-refractivity contribution in [3.8, 4) is 0 Å². The molecule has 0 bridgehead atoms. The zero-order chi connectivity index (χ0) is 18.7. The molecule has 2 amide bonds. The van der Waals surface area contributed by atoms with Gasteiger partial charge in [0.15, 0.2) is 0 Å². The number of aryl methyl sites for hydroxylation is 1. The Labute approximate surface area is 167 Å². The van der Waals surface area contributed by atoms with Crippen LogP contribution in [0.2, 0.25) is 0 Å². The molecular weight excluding hydrogens is 424 g/mol. The van der Waals surface area contributed by atoms with E-state index in [-0.39, 0.29) is 11.8 Å². The lowest BCUT2D eigenvalue weighted by Gasteiger charge is -2.03. The summed E-state index contributed by atoms with van der Waals surface area (Å²) in [5.41, 5.74) is 3.48. The second-order valence-corrected chi connectivity index (χ2v) is 8.32. The molecule has 1 aliphatic rings. The first-order chi connectivity index (χ1) is 13.0. The topological polar surface area (TPSA) is 51.1 Å². The van der Waals surface area contributed by atoms with Crippen molar-refractivity contribution >= 4 is 71.2 Å². The number of thiophene rings is 1. The molecule has 0 unspecified atom stereocenters. The second-order valence-electron chi connectivity index (χ2n) is 6.49. The van der Waals surface area contributed by atoms with Crippen molar-refractivity contribution < 1.29 is 9.59 Å². The van der Waals surface area contributed by atoms with Crippen molar-refractivity contribution in [1.29, 1.82) is 0 Å². The number of aromatic nitrogens is 1. The van der Waals surface area contributed by atoms with Crippen LogP contribution in [0.15, 0.2) is 58.5 Å². The van der Waals surface area contributed by atoms with Crippen LogP contribution in [0.3, 0.4) is 0 Å². The molecule has 132 valence electrons. The fraction of sp³-hybridized carbons (Fsp3) is 0.0476. The van der Waals surface area contributed by atoms with Gasteiger partial charge in [-0.05, 0) is 24.3 Å². The van der Waals surface area contributed by atoms with Crippen molar-refractivity contribution in [2.24, 2.45) is 7.05 Å². The number of carbonyl (C=O) groups is 2. The number of hydrogen-bond acceptors (Lipinski definition) is 3. The van der Waals surface area contributed by atoms with Crippen LogP contribution in [-0.4, -0.2) is 16.4 Å². The zero-order valence-corrected chi connectivity index (χ0v) is 16.6. The summed E-state index contributed by atoms with van der Waals surface area (Å²) < 4.78 is 3.99. The van der Waals surface area contributed by atoms with Gasteiger partial charge in [0.1, 0.15) is 0 Å². The van der Waals surface area contributed by atoms with Gasteiger partial charge in [-0.15, -0.1) is 11.3 Å². The minimum atomic E-state index is -0.347. The Hall–Kier alpha value is -2.70. The quantitative estimate of drug-likeness (QED) is 0.462. The molecule has 5 rings (SSSR count). The maximum absolute atomic E-state index is 12.7. The Kier molecular flexibility index (Phi) is 3.60. The van der Waals surface area contributed by atoms with E-state index in [0.29, 0.717) is 11.1 Å². The minimum absolute atomic E-state index is 0.345. The summed E-state index contributed by atoms with van der Waals surface area (Å²) in [5, 5.41) is 6.36. The predicted octanol–water partition coefficient (Wildman–Crippen LogP) is 4.72. The van der Waals surface area contributed by atoms with Gasteiger partial charge in [-0.2, -0.15) is 0 Å². The molecule has 6 heteroatoms. The number of nitrogens with one attached hydrogen (secondary N) is 1. The van der Waals surface area contributed by atoms with E-state index in [2.05, 4.69) is 21.2 Å². The van der Waals surface area contributed by atoms with E-state index in [4.69, 9.17) is 0 Å². The molecule has 0 saturated carbocycles. The van der Waals surface area contributed by atoms with Crippen LogP contribution in [0.1, 0.15) is 11.1 Å². The third-order valence-electron chi connectivity index (χ3n) is 4.90. The molecule has 0 spiro atoms. The summed E-state index contributed by atoms with van der Waals surface area (Å²) in [7, 11) is 1.94. The van der Waals surface area contributed by atoms with E-state index in [1.165, 1.54) is 0 Å². The van der Waals surface area contributed by atoms with Gasteiger partial charge in [0, 0.05) is 55.2 Å². The van der Waals surface area contributed by atoms with Gasteiger partial charge in [-0.3, -0.25) is 14.9 Å². The smallest absolute Gasteiger partial charge is 0.259 e. The monoisotopic (exact) mass is 436 g/mol. The van der Waals surface area contributed by atoms with Crippen LogP contribution in [-0.2, 0) is 16.6 Å². The zero-order valence-electron chi connectivity index (χ0n) is 14.2. The van der Waals surface area contributed by atoms with Crippen molar-refractivity contribution in [3.05, 3.63) is 69.6 Å². The lowest BCUT2D eigenvalue weighted by Crippen LogP contribution is -2.22. The molecule has 0 atom stereocenters. The van der Waals surface area contributed by atoms with E-state index < -0.39 is 0 Å². The Morgan fingerprint density at radius 3 is 2.52 bits per heavy atom. The highest BCUT2D eigenvalue weighted by molar-refractivity contribution is 9.10. The van der Waals surface area contributed by atoms with Crippen LogP contribution in [0.5, 0.6) is 0 Å². The first-order valence-corrected chi connectivity index (χ1v) is 10.0. The summed E-state index contributed by atoms with van der Waals surface area (Å²) in [6, 6.07) is 13.9. The van der Waals surface area contributed by atoms with Crippen LogP contribution >= 0.6 is 27.3 Å². The van der Waals surface area contributed by atoms with Crippen molar-refractivity contribution in [2.75, 3.05) is 0 Å². The lowest BCUT2D eigenvalue weighted by atomic mass is 9.95. The summed E-state index contributed by atoms with van der Waals surface area (Å²) in [4.78, 5) is 25.5. The summed E-state index contributed by atoms with van der Waals surface area (Å²) in [6.45, 7) is 0. The van der Waals surface area contributed by atoms with Gasteiger partial charge >= 0.3 is 0 Å². The van der Waals surface area contributed by atoms with Gasteiger partial charge in [0.25, 0.3) is 11.8 Å². The third-order valence-corrected chi connectivity index (χ3v) is 6.36. The molecule has 0 aliphatic carbocycles. The molecule has 27 heavy (non-hydrogen) atoms. The van der Waals surface area contributed by atoms with E-state index >= 15 is 0 Å². The number of fused-ring (bicyclic) bond motifs is 2. The average Bonchev–Trinajstić information content (AvgIpc) is 3.29. The molecular formula is C21H13BrN2O2S. The summed E-state index contributed by atoms with van der Waals surface area (Å²) >= 11 is 5.07. The summed E-state index contributed by atoms with van der Waals surface area (Å²) in [6.07, 6.45) is 1.92. The van der Waals surface area contributed by atoms with Crippen molar-refractivity contribution in [2.45, 2.75) is 0 Å². The number of amides is 2. The maximum Gasteiger partial charge on any atom is 0.259 e. The SMILES string of the molecule is Cn1cc(C2=C(c3csc4ccc(Br)cc34)C(=O)NC2=O)c2ccccc21. The molecule has 2 aromatic carbocycles. The van der Waals surface area contributed by atoms with Crippen molar-refractivity contribution in [1.82, 2.24) is 9.88 Å². The number of rotatable bonds is 2. The standard InChI is InChI=1S/C21H13BrN2O2S/c1-24-9-14(12-4-2-3-5-16(12)24)18-19(21(26)23-20(18)25)15-10-27-17-7-6-11(22)8-13(15)17/h2-10H,1H3,(H,23,25,26). The van der Waals surface area contributed by atoms with Crippen LogP contribution < -0.4 is 5.32 Å². The third kappa shape index (κ3) is 2.40. The number of nitrogens with zero attached hydrogens (tertiary/aromatic N) is 1. The average molecular weight is 437 g/mol. The van der Waals surface area contributed by atoms with E-state index in [9.17, 15) is 9.59 Å². The van der Waals surface area contributed by atoms with Gasteiger partial charge in [-0.1, -0.05) is 34.1 Å². The number of carbonyl (C=O) groups excluding carboxylic acids is 2. The molecule has 4 aromatic rings. The highest BCUT2D eigenvalue weighted by Crippen LogP contribution is 2.40. The van der Waals surface area contributed by atoms with Crippen LogP contribution in [0.4, 0.5) is 0 Å². The van der Waals surface area contributed by atoms with Gasteiger partial charge in [0.05, 0.1) is 11.1 Å². The number of benzene rings is 2. The Bertz CT molecular complexity index is 1310. The number of hydrogen-bond donors (Lipinski definition) is 1. The highest BCUT2D eigenvalue weighted by atomic mass is 79.9. The molecule has 0 fully saturated rings. The minimum Gasteiger partial charge on any atom is -0.350 e. The van der Waals surface area contributed by atoms with Gasteiger partial charge < -0.3 is 4.57 Å². The Morgan fingerprint density at radius 1 is 0.963 bits per heavy atom. The summed E-state index contributed by atoms with van der Waals surface area (Å²) in [5.74, 6) is -0.691. The largest absolute Gasteiger partial charge is 0.350 e. The highest BCUT2D eigenvalue weighted by Gasteiger charge is 2.34. The molecule has 3 heterocycles. The Balaban J connectivity index is 1.86. The Morgan fingerprint density at radius 2 is 1.70 bits per heavy atom. The number of halogens is 1. The first kappa shape index (κ1) is 16.5. The number of imide groups is 1.